The molecular formula is C17H22N2O2. The Hall–Kier alpha value is -1.91. The van der Waals surface area contributed by atoms with Crippen molar-refractivity contribution in [2.24, 2.45) is 0 Å². The Morgan fingerprint density at radius 2 is 1.95 bits per heavy atom. The van der Waals surface area contributed by atoms with Crippen LogP contribution in [0.25, 0.3) is 0 Å². The number of nitrogens with zero attached hydrogens (tertiary/aromatic N) is 1. The molecule has 0 fully saturated rings. The third-order valence-electron chi connectivity index (χ3n) is 3.34. The van der Waals surface area contributed by atoms with Crippen LogP contribution in [0.3, 0.4) is 0 Å². The molecule has 21 heavy (non-hydrogen) atoms. The minimum absolute atomic E-state index is 0.0649. The van der Waals surface area contributed by atoms with E-state index in [0.29, 0.717) is 13.2 Å². The normalized spacial score (nSPS) is 13.7. The third-order valence-corrected chi connectivity index (χ3v) is 3.34. The number of hydrogen-bond donors (Lipinski definition) is 2. The van der Waals surface area contributed by atoms with Crippen LogP contribution in [0.2, 0.25) is 0 Å². The largest absolute Gasteiger partial charge is 0.494 e. The highest BCUT2D eigenvalue weighted by Crippen LogP contribution is 2.20. The minimum atomic E-state index is -0.565. The van der Waals surface area contributed by atoms with Gasteiger partial charge >= 0.3 is 0 Å². The van der Waals surface area contributed by atoms with Gasteiger partial charge in [0.1, 0.15) is 5.75 Å². The lowest BCUT2D eigenvalue weighted by Crippen LogP contribution is -2.31. The first-order valence-electron chi connectivity index (χ1n) is 7.25. The lowest BCUT2D eigenvalue weighted by molar-refractivity contribution is 0.135. The van der Waals surface area contributed by atoms with Crippen molar-refractivity contribution < 1.29 is 9.84 Å². The van der Waals surface area contributed by atoms with E-state index in [0.717, 1.165) is 17.0 Å². The maximum atomic E-state index is 10.4. The van der Waals surface area contributed by atoms with Crippen LogP contribution in [0.5, 0.6) is 5.75 Å². The Labute approximate surface area is 125 Å². The van der Waals surface area contributed by atoms with E-state index in [1.54, 1.807) is 6.20 Å². The quantitative estimate of drug-likeness (QED) is 0.821. The Balaban J connectivity index is 1.90. The molecule has 0 spiro atoms. The van der Waals surface area contributed by atoms with E-state index in [1.807, 2.05) is 56.3 Å². The van der Waals surface area contributed by atoms with E-state index in [-0.39, 0.29) is 6.04 Å². The molecule has 2 unspecified atom stereocenters. The van der Waals surface area contributed by atoms with Crippen molar-refractivity contribution in [1.29, 1.82) is 0 Å². The highest BCUT2D eigenvalue weighted by Gasteiger charge is 2.16. The molecule has 2 aromatic rings. The molecule has 2 atom stereocenters. The topological polar surface area (TPSA) is 54.4 Å². The second-order valence-corrected chi connectivity index (χ2v) is 4.94. The number of pyridine rings is 1. The number of ether oxygens (including phenoxy) is 1. The van der Waals surface area contributed by atoms with Gasteiger partial charge in [-0.1, -0.05) is 18.2 Å². The molecule has 0 aliphatic rings. The lowest BCUT2D eigenvalue weighted by Gasteiger charge is -2.20. The summed E-state index contributed by atoms with van der Waals surface area (Å²) in [6.45, 7) is 5.19. The van der Waals surface area contributed by atoms with E-state index >= 15 is 0 Å². The van der Waals surface area contributed by atoms with Gasteiger partial charge < -0.3 is 15.2 Å². The van der Waals surface area contributed by atoms with E-state index < -0.39 is 6.10 Å². The Morgan fingerprint density at radius 3 is 2.57 bits per heavy atom. The van der Waals surface area contributed by atoms with Crippen molar-refractivity contribution in [3.05, 3.63) is 59.9 Å². The predicted molar refractivity (Wildman–Crippen MR) is 83.1 cm³/mol. The zero-order chi connectivity index (χ0) is 15.1. The van der Waals surface area contributed by atoms with E-state index in [9.17, 15) is 5.11 Å². The molecule has 0 radical (unpaired) electrons. The Bertz CT molecular complexity index is 528. The molecule has 0 saturated carbocycles. The molecule has 1 heterocycles. The summed E-state index contributed by atoms with van der Waals surface area (Å²) in [7, 11) is 0. The number of aromatic nitrogens is 1. The van der Waals surface area contributed by atoms with Crippen molar-refractivity contribution in [1.82, 2.24) is 10.3 Å². The SMILES string of the molecule is CCOc1ccc(C(O)C(C)NCc2ccccn2)cc1. The first-order valence-corrected chi connectivity index (χ1v) is 7.25. The first-order chi connectivity index (χ1) is 10.2. The van der Waals surface area contributed by atoms with E-state index in [1.165, 1.54) is 0 Å². The number of rotatable bonds is 7. The van der Waals surface area contributed by atoms with Crippen LogP contribution in [-0.2, 0) is 6.54 Å². The molecule has 0 amide bonds. The monoisotopic (exact) mass is 286 g/mol. The third kappa shape index (κ3) is 4.55. The zero-order valence-electron chi connectivity index (χ0n) is 12.5. The molecule has 2 N–H and O–H groups in total. The maximum Gasteiger partial charge on any atom is 0.119 e. The predicted octanol–water partition coefficient (Wildman–Crippen LogP) is 2.69. The van der Waals surface area contributed by atoms with Gasteiger partial charge in [-0.2, -0.15) is 0 Å². The van der Waals surface area contributed by atoms with E-state index in [2.05, 4.69) is 10.3 Å². The van der Waals surface area contributed by atoms with Gasteiger partial charge in [0.2, 0.25) is 0 Å². The fourth-order valence-corrected chi connectivity index (χ4v) is 2.10. The molecule has 1 aromatic heterocycles. The second kappa shape index (κ2) is 7.76. The molecule has 4 nitrogen and oxygen atoms in total. The molecule has 0 aliphatic carbocycles. The molecule has 2 rings (SSSR count). The average molecular weight is 286 g/mol. The molecule has 112 valence electrons. The number of aliphatic hydroxyl groups excluding tert-OH is 1. The van der Waals surface area contributed by atoms with E-state index in [4.69, 9.17) is 4.74 Å². The number of hydrogen-bond acceptors (Lipinski definition) is 4. The molecular weight excluding hydrogens is 264 g/mol. The van der Waals surface area contributed by atoms with Gasteiger partial charge in [0.25, 0.3) is 0 Å². The van der Waals surface area contributed by atoms with Crippen molar-refractivity contribution in [3.8, 4) is 5.75 Å². The minimum Gasteiger partial charge on any atom is -0.494 e. The lowest BCUT2D eigenvalue weighted by atomic mass is 10.0. The van der Waals surface area contributed by atoms with Crippen molar-refractivity contribution in [3.63, 3.8) is 0 Å². The Morgan fingerprint density at radius 1 is 1.19 bits per heavy atom. The number of aliphatic hydroxyl groups is 1. The van der Waals surface area contributed by atoms with Crippen LogP contribution in [0, 0.1) is 0 Å². The molecule has 4 heteroatoms. The van der Waals surface area contributed by atoms with Gasteiger partial charge in [-0.3, -0.25) is 4.98 Å². The van der Waals surface area contributed by atoms with Crippen LogP contribution in [0.15, 0.2) is 48.7 Å². The van der Waals surface area contributed by atoms with Crippen LogP contribution < -0.4 is 10.1 Å². The summed E-state index contributed by atoms with van der Waals surface area (Å²) in [5.74, 6) is 0.822. The summed E-state index contributed by atoms with van der Waals surface area (Å²) in [5.41, 5.74) is 1.84. The zero-order valence-corrected chi connectivity index (χ0v) is 12.5. The van der Waals surface area contributed by atoms with Crippen LogP contribution in [-0.4, -0.2) is 22.7 Å². The Kier molecular flexibility index (Phi) is 5.72. The second-order valence-electron chi connectivity index (χ2n) is 4.94. The van der Waals surface area contributed by atoms with Crippen molar-refractivity contribution in [2.75, 3.05) is 6.61 Å². The van der Waals surface area contributed by atoms with Crippen LogP contribution in [0.1, 0.15) is 31.2 Å². The summed E-state index contributed by atoms with van der Waals surface area (Å²) >= 11 is 0. The summed E-state index contributed by atoms with van der Waals surface area (Å²) in [4.78, 5) is 4.25. The first kappa shape index (κ1) is 15.5. The average Bonchev–Trinajstić information content (AvgIpc) is 2.54. The fourth-order valence-electron chi connectivity index (χ4n) is 2.10. The highest BCUT2D eigenvalue weighted by atomic mass is 16.5. The highest BCUT2D eigenvalue weighted by molar-refractivity contribution is 5.29. The van der Waals surface area contributed by atoms with Crippen LogP contribution >= 0.6 is 0 Å². The molecule has 0 saturated heterocycles. The smallest absolute Gasteiger partial charge is 0.119 e. The number of nitrogens with one attached hydrogen (secondary N) is 1. The van der Waals surface area contributed by atoms with Gasteiger partial charge in [0.05, 0.1) is 18.4 Å². The van der Waals surface area contributed by atoms with Gasteiger partial charge in [-0.25, -0.2) is 0 Å². The van der Waals surface area contributed by atoms with Gasteiger partial charge in [0, 0.05) is 18.8 Å². The van der Waals surface area contributed by atoms with Gasteiger partial charge in [-0.05, 0) is 43.7 Å². The van der Waals surface area contributed by atoms with Crippen LogP contribution in [0.4, 0.5) is 0 Å². The summed E-state index contributed by atoms with van der Waals surface area (Å²) in [5, 5.41) is 13.7. The molecule has 0 aliphatic heterocycles. The van der Waals surface area contributed by atoms with Crippen molar-refractivity contribution >= 4 is 0 Å². The van der Waals surface area contributed by atoms with Gasteiger partial charge in [-0.15, -0.1) is 0 Å². The number of benzene rings is 1. The molecule has 1 aromatic carbocycles. The van der Waals surface area contributed by atoms with Gasteiger partial charge in [0.15, 0.2) is 0 Å². The fraction of sp³-hybridized carbons (Fsp3) is 0.353. The summed E-state index contributed by atoms with van der Waals surface area (Å²) < 4.78 is 5.40. The summed E-state index contributed by atoms with van der Waals surface area (Å²) in [6.07, 6.45) is 1.20. The standard InChI is InChI=1S/C17H22N2O2/c1-3-21-16-9-7-14(8-10-16)17(20)13(2)19-12-15-6-4-5-11-18-15/h4-11,13,17,19-20H,3,12H2,1-2H3. The summed E-state index contributed by atoms with van der Waals surface area (Å²) in [6, 6.07) is 13.3. The molecule has 0 bridgehead atoms. The van der Waals surface area contributed by atoms with Crippen molar-refractivity contribution in [2.45, 2.75) is 32.5 Å². The maximum absolute atomic E-state index is 10.4.